The van der Waals surface area contributed by atoms with E-state index in [1.54, 1.807) is 13.0 Å². The maximum atomic E-state index is 11.6. The van der Waals surface area contributed by atoms with Gasteiger partial charge in [0.25, 0.3) is 5.91 Å². The second-order valence-corrected chi connectivity index (χ2v) is 6.12. The van der Waals surface area contributed by atoms with Crippen molar-refractivity contribution >= 4 is 15.7 Å². The topological polar surface area (TPSA) is 102 Å². The standard InChI is InChI=1S/C10H16N2O4S/c1-7(6-17(2,14)15)12-10(13)9-4-3-8(5-11)16-9/h3-4,7H,5-6,11H2,1-2H3,(H,12,13). The van der Waals surface area contributed by atoms with Crippen molar-refractivity contribution in [2.24, 2.45) is 5.73 Å². The van der Waals surface area contributed by atoms with E-state index in [9.17, 15) is 13.2 Å². The van der Waals surface area contributed by atoms with Crippen molar-refractivity contribution in [3.8, 4) is 0 Å². The third kappa shape index (κ3) is 4.58. The van der Waals surface area contributed by atoms with Gasteiger partial charge in [0.15, 0.2) is 5.76 Å². The minimum absolute atomic E-state index is 0.108. The van der Waals surface area contributed by atoms with Crippen LogP contribution in [0.25, 0.3) is 0 Å². The first-order valence-corrected chi connectivity index (χ1v) is 7.15. The van der Waals surface area contributed by atoms with Gasteiger partial charge in [-0.05, 0) is 19.1 Å². The molecule has 96 valence electrons. The van der Waals surface area contributed by atoms with Crippen LogP contribution in [0.5, 0.6) is 0 Å². The van der Waals surface area contributed by atoms with Gasteiger partial charge in [-0.25, -0.2) is 8.42 Å². The monoisotopic (exact) mass is 260 g/mol. The molecule has 1 amide bonds. The minimum atomic E-state index is -3.12. The zero-order valence-corrected chi connectivity index (χ0v) is 10.6. The summed E-state index contributed by atoms with van der Waals surface area (Å²) < 4.78 is 27.2. The Balaban J connectivity index is 2.60. The summed E-state index contributed by atoms with van der Waals surface area (Å²) in [6, 6.07) is 2.64. The second-order valence-electron chi connectivity index (χ2n) is 3.94. The number of carbonyl (C=O) groups excluding carboxylic acids is 1. The van der Waals surface area contributed by atoms with Crippen LogP contribution >= 0.6 is 0 Å². The highest BCUT2D eigenvalue weighted by Crippen LogP contribution is 2.07. The second kappa shape index (κ2) is 5.33. The number of hydrogen-bond donors (Lipinski definition) is 2. The molecule has 1 unspecified atom stereocenters. The van der Waals surface area contributed by atoms with E-state index >= 15 is 0 Å². The summed E-state index contributed by atoms with van der Waals surface area (Å²) in [4.78, 5) is 11.6. The number of nitrogens with one attached hydrogen (secondary N) is 1. The van der Waals surface area contributed by atoms with Crippen LogP contribution in [0.15, 0.2) is 16.5 Å². The van der Waals surface area contributed by atoms with Gasteiger partial charge in [-0.15, -0.1) is 0 Å². The van der Waals surface area contributed by atoms with Gasteiger partial charge in [-0.3, -0.25) is 4.79 Å². The van der Waals surface area contributed by atoms with Gasteiger partial charge in [0.05, 0.1) is 12.3 Å². The Morgan fingerprint density at radius 1 is 1.53 bits per heavy atom. The lowest BCUT2D eigenvalue weighted by molar-refractivity contribution is 0.0914. The number of carbonyl (C=O) groups is 1. The molecule has 7 heteroatoms. The van der Waals surface area contributed by atoms with Crippen molar-refractivity contribution in [1.82, 2.24) is 5.32 Å². The Kier molecular flexibility index (Phi) is 4.30. The maximum absolute atomic E-state index is 11.6. The highest BCUT2D eigenvalue weighted by atomic mass is 32.2. The smallest absolute Gasteiger partial charge is 0.287 e. The molecule has 1 atom stereocenters. The summed E-state index contributed by atoms with van der Waals surface area (Å²) in [6.45, 7) is 1.83. The number of hydrogen-bond acceptors (Lipinski definition) is 5. The molecule has 0 radical (unpaired) electrons. The normalized spacial score (nSPS) is 13.4. The van der Waals surface area contributed by atoms with Gasteiger partial charge in [-0.1, -0.05) is 0 Å². The van der Waals surface area contributed by atoms with Gasteiger partial charge in [0.1, 0.15) is 15.6 Å². The van der Waals surface area contributed by atoms with Crippen molar-refractivity contribution in [1.29, 1.82) is 0 Å². The first kappa shape index (κ1) is 13.7. The van der Waals surface area contributed by atoms with Gasteiger partial charge in [0, 0.05) is 12.3 Å². The summed E-state index contributed by atoms with van der Waals surface area (Å²) in [6.07, 6.45) is 1.12. The number of rotatable bonds is 5. The third-order valence-electron chi connectivity index (χ3n) is 2.02. The Bertz CT molecular complexity index is 492. The molecule has 0 bridgehead atoms. The van der Waals surface area contributed by atoms with E-state index in [2.05, 4.69) is 5.32 Å². The van der Waals surface area contributed by atoms with E-state index in [-0.39, 0.29) is 18.1 Å². The van der Waals surface area contributed by atoms with Crippen LogP contribution in [0.4, 0.5) is 0 Å². The summed E-state index contributed by atoms with van der Waals surface area (Å²) in [5, 5.41) is 2.54. The fraction of sp³-hybridized carbons (Fsp3) is 0.500. The molecule has 0 aliphatic carbocycles. The predicted octanol–water partition coefficient (Wildman–Crippen LogP) is -0.0988. The van der Waals surface area contributed by atoms with E-state index in [0.29, 0.717) is 5.76 Å². The van der Waals surface area contributed by atoms with Crippen LogP contribution in [0, 0.1) is 0 Å². The average Bonchev–Trinajstić information content (AvgIpc) is 2.62. The molecule has 0 aliphatic heterocycles. The number of nitrogens with two attached hydrogens (primary N) is 1. The lowest BCUT2D eigenvalue weighted by atomic mass is 10.3. The average molecular weight is 260 g/mol. The van der Waals surface area contributed by atoms with Crippen molar-refractivity contribution in [3.63, 3.8) is 0 Å². The molecule has 0 aromatic carbocycles. The predicted molar refractivity (Wildman–Crippen MR) is 63.2 cm³/mol. The molecular formula is C10H16N2O4S. The quantitative estimate of drug-likeness (QED) is 0.769. The largest absolute Gasteiger partial charge is 0.455 e. The van der Waals surface area contributed by atoms with Crippen molar-refractivity contribution in [3.05, 3.63) is 23.7 Å². The highest BCUT2D eigenvalue weighted by Gasteiger charge is 2.16. The summed E-state index contributed by atoms with van der Waals surface area (Å²) in [7, 11) is -3.12. The highest BCUT2D eigenvalue weighted by molar-refractivity contribution is 7.90. The van der Waals surface area contributed by atoms with Gasteiger partial charge >= 0.3 is 0 Å². The molecule has 0 saturated heterocycles. The summed E-state index contributed by atoms with van der Waals surface area (Å²) >= 11 is 0. The van der Waals surface area contributed by atoms with Crippen LogP contribution in [0.1, 0.15) is 23.2 Å². The summed E-state index contributed by atoms with van der Waals surface area (Å²) in [5.41, 5.74) is 5.34. The van der Waals surface area contributed by atoms with Crippen LogP contribution < -0.4 is 11.1 Å². The molecule has 1 heterocycles. The van der Waals surface area contributed by atoms with Crippen molar-refractivity contribution < 1.29 is 17.6 Å². The summed E-state index contributed by atoms with van der Waals surface area (Å²) in [5.74, 6) is 0.0842. The Hall–Kier alpha value is -1.34. The van der Waals surface area contributed by atoms with E-state index in [1.165, 1.54) is 6.07 Å². The van der Waals surface area contributed by atoms with Crippen LogP contribution in [0.2, 0.25) is 0 Å². The Morgan fingerprint density at radius 3 is 2.65 bits per heavy atom. The fourth-order valence-electron chi connectivity index (χ4n) is 1.40. The molecular weight excluding hydrogens is 244 g/mol. The molecule has 0 fully saturated rings. The molecule has 17 heavy (non-hydrogen) atoms. The Labute approximate surface area is 100 Å². The first-order valence-electron chi connectivity index (χ1n) is 5.09. The van der Waals surface area contributed by atoms with Crippen LogP contribution in [-0.4, -0.2) is 32.4 Å². The molecule has 1 rings (SSSR count). The van der Waals surface area contributed by atoms with E-state index in [0.717, 1.165) is 6.26 Å². The molecule has 0 spiro atoms. The molecule has 0 saturated carbocycles. The lowest BCUT2D eigenvalue weighted by Gasteiger charge is -2.11. The molecule has 1 aromatic rings. The SMILES string of the molecule is CC(CS(C)(=O)=O)NC(=O)c1ccc(CN)o1. The lowest BCUT2D eigenvalue weighted by Crippen LogP contribution is -2.37. The Morgan fingerprint density at radius 2 is 2.18 bits per heavy atom. The fourth-order valence-corrected chi connectivity index (χ4v) is 2.39. The van der Waals surface area contributed by atoms with Crippen LogP contribution in [-0.2, 0) is 16.4 Å². The van der Waals surface area contributed by atoms with E-state index < -0.39 is 21.8 Å². The first-order chi connectivity index (χ1) is 7.81. The van der Waals surface area contributed by atoms with E-state index in [4.69, 9.17) is 10.2 Å². The molecule has 6 nitrogen and oxygen atoms in total. The minimum Gasteiger partial charge on any atom is -0.455 e. The number of furan rings is 1. The number of sulfone groups is 1. The van der Waals surface area contributed by atoms with Crippen molar-refractivity contribution in [2.75, 3.05) is 12.0 Å². The maximum Gasteiger partial charge on any atom is 0.287 e. The zero-order valence-electron chi connectivity index (χ0n) is 9.76. The zero-order chi connectivity index (χ0) is 13.1. The molecule has 1 aromatic heterocycles. The van der Waals surface area contributed by atoms with E-state index in [1.807, 2.05) is 0 Å². The van der Waals surface area contributed by atoms with Gasteiger partial charge < -0.3 is 15.5 Å². The molecule has 3 N–H and O–H groups in total. The third-order valence-corrected chi connectivity index (χ3v) is 3.12. The van der Waals surface area contributed by atoms with Crippen LogP contribution in [0.3, 0.4) is 0 Å². The van der Waals surface area contributed by atoms with Gasteiger partial charge in [0.2, 0.25) is 0 Å². The number of amides is 1. The van der Waals surface area contributed by atoms with Gasteiger partial charge in [-0.2, -0.15) is 0 Å². The molecule has 0 aliphatic rings. The van der Waals surface area contributed by atoms with Crippen molar-refractivity contribution in [2.45, 2.75) is 19.5 Å².